The fourth-order valence-corrected chi connectivity index (χ4v) is 2.07. The van der Waals surface area contributed by atoms with Crippen LogP contribution in [0.5, 0.6) is 5.75 Å². The molecule has 20 heavy (non-hydrogen) atoms. The van der Waals surface area contributed by atoms with Gasteiger partial charge in [0.05, 0.1) is 24.4 Å². The summed E-state index contributed by atoms with van der Waals surface area (Å²) < 4.78 is 5.08. The SMILES string of the molecule is COc1ccc(CCC(=O)NCc2ccn[nH]2)cc1Cl. The highest BCUT2D eigenvalue weighted by atomic mass is 35.5. The van der Waals surface area contributed by atoms with Crippen LogP contribution in [0.25, 0.3) is 0 Å². The number of carbonyl (C=O) groups excluding carboxylic acids is 1. The number of carbonyl (C=O) groups is 1. The molecule has 1 aromatic carbocycles. The number of rotatable bonds is 6. The lowest BCUT2D eigenvalue weighted by atomic mass is 10.1. The van der Waals surface area contributed by atoms with Crippen LogP contribution in [-0.2, 0) is 17.8 Å². The van der Waals surface area contributed by atoms with Crippen LogP contribution in [0, 0.1) is 0 Å². The summed E-state index contributed by atoms with van der Waals surface area (Å²) in [4.78, 5) is 11.7. The summed E-state index contributed by atoms with van der Waals surface area (Å²) in [6, 6.07) is 7.36. The van der Waals surface area contributed by atoms with Gasteiger partial charge in [-0.15, -0.1) is 0 Å². The fourth-order valence-electron chi connectivity index (χ4n) is 1.79. The number of benzene rings is 1. The number of nitrogens with zero attached hydrogens (tertiary/aromatic N) is 1. The zero-order valence-corrected chi connectivity index (χ0v) is 11.9. The zero-order valence-electron chi connectivity index (χ0n) is 11.1. The number of hydrogen-bond donors (Lipinski definition) is 2. The number of nitrogens with one attached hydrogen (secondary N) is 2. The highest BCUT2D eigenvalue weighted by Gasteiger charge is 2.05. The number of aryl methyl sites for hydroxylation is 1. The van der Waals surface area contributed by atoms with Crippen LogP contribution in [0.3, 0.4) is 0 Å². The summed E-state index contributed by atoms with van der Waals surface area (Å²) in [7, 11) is 1.57. The maximum Gasteiger partial charge on any atom is 0.220 e. The van der Waals surface area contributed by atoms with E-state index in [0.717, 1.165) is 11.3 Å². The molecular formula is C14H16ClN3O2. The predicted octanol–water partition coefficient (Wildman–Crippen LogP) is 2.32. The third-order valence-electron chi connectivity index (χ3n) is 2.89. The maximum absolute atomic E-state index is 11.7. The molecule has 0 aliphatic rings. The number of hydrogen-bond acceptors (Lipinski definition) is 3. The van der Waals surface area contributed by atoms with Gasteiger partial charge in [0.2, 0.25) is 5.91 Å². The summed E-state index contributed by atoms with van der Waals surface area (Å²) in [5.74, 6) is 0.630. The van der Waals surface area contributed by atoms with Crippen molar-refractivity contribution in [2.24, 2.45) is 0 Å². The molecule has 0 saturated heterocycles. The van der Waals surface area contributed by atoms with Crippen LogP contribution in [-0.4, -0.2) is 23.2 Å². The average molecular weight is 294 g/mol. The Labute approximate surface area is 122 Å². The van der Waals surface area contributed by atoms with Crippen molar-refractivity contribution in [1.82, 2.24) is 15.5 Å². The van der Waals surface area contributed by atoms with E-state index in [1.807, 2.05) is 18.2 Å². The molecule has 1 aromatic heterocycles. The first-order valence-electron chi connectivity index (χ1n) is 6.26. The molecule has 1 heterocycles. The van der Waals surface area contributed by atoms with E-state index in [0.29, 0.717) is 30.2 Å². The molecular weight excluding hydrogens is 278 g/mol. The van der Waals surface area contributed by atoms with Crippen molar-refractivity contribution in [3.8, 4) is 5.75 Å². The van der Waals surface area contributed by atoms with Crippen molar-refractivity contribution in [3.05, 3.63) is 46.7 Å². The molecule has 0 aliphatic heterocycles. The van der Waals surface area contributed by atoms with E-state index in [9.17, 15) is 4.79 Å². The molecule has 2 N–H and O–H groups in total. The number of aromatic amines is 1. The third kappa shape index (κ3) is 3.99. The molecule has 0 radical (unpaired) electrons. The normalized spacial score (nSPS) is 10.3. The average Bonchev–Trinajstić information content (AvgIpc) is 2.96. The van der Waals surface area contributed by atoms with Crippen molar-refractivity contribution in [3.63, 3.8) is 0 Å². The minimum Gasteiger partial charge on any atom is -0.495 e. The van der Waals surface area contributed by atoms with E-state index in [4.69, 9.17) is 16.3 Å². The first kappa shape index (κ1) is 14.4. The van der Waals surface area contributed by atoms with Crippen molar-refractivity contribution in [1.29, 1.82) is 0 Å². The molecule has 0 atom stereocenters. The van der Waals surface area contributed by atoms with Crippen LogP contribution in [0.15, 0.2) is 30.5 Å². The van der Waals surface area contributed by atoms with Gasteiger partial charge >= 0.3 is 0 Å². The Kier molecular flexibility index (Phi) is 5.01. The molecule has 6 heteroatoms. The fraction of sp³-hybridized carbons (Fsp3) is 0.286. The van der Waals surface area contributed by atoms with Crippen molar-refractivity contribution in [2.45, 2.75) is 19.4 Å². The number of aromatic nitrogens is 2. The Bertz CT molecular complexity index is 570. The highest BCUT2D eigenvalue weighted by Crippen LogP contribution is 2.25. The molecule has 2 aromatic rings. The lowest BCUT2D eigenvalue weighted by Gasteiger charge is -2.06. The number of ether oxygens (including phenoxy) is 1. The number of H-pyrrole nitrogens is 1. The number of methoxy groups -OCH3 is 1. The first-order chi connectivity index (χ1) is 9.69. The molecule has 1 amide bonds. The summed E-state index contributed by atoms with van der Waals surface area (Å²) in [6.45, 7) is 0.461. The van der Waals surface area contributed by atoms with Crippen LogP contribution < -0.4 is 10.1 Å². The van der Waals surface area contributed by atoms with Crippen molar-refractivity contribution < 1.29 is 9.53 Å². The second kappa shape index (κ2) is 6.96. The Morgan fingerprint density at radius 2 is 2.30 bits per heavy atom. The quantitative estimate of drug-likeness (QED) is 0.859. The van der Waals surface area contributed by atoms with Gasteiger partial charge in [0, 0.05) is 12.6 Å². The Morgan fingerprint density at radius 1 is 1.45 bits per heavy atom. The second-order valence-electron chi connectivity index (χ2n) is 4.33. The molecule has 0 unspecified atom stereocenters. The third-order valence-corrected chi connectivity index (χ3v) is 3.19. The smallest absolute Gasteiger partial charge is 0.220 e. The summed E-state index contributed by atoms with van der Waals surface area (Å²) in [5, 5.41) is 9.99. The van der Waals surface area contributed by atoms with E-state index >= 15 is 0 Å². The van der Waals surface area contributed by atoms with Crippen LogP contribution in [0.4, 0.5) is 0 Å². The molecule has 106 valence electrons. The lowest BCUT2D eigenvalue weighted by Crippen LogP contribution is -2.23. The Balaban J connectivity index is 1.79. The van der Waals surface area contributed by atoms with E-state index in [2.05, 4.69) is 15.5 Å². The van der Waals surface area contributed by atoms with E-state index in [1.165, 1.54) is 0 Å². The first-order valence-corrected chi connectivity index (χ1v) is 6.64. The van der Waals surface area contributed by atoms with Gasteiger partial charge in [0.25, 0.3) is 0 Å². The highest BCUT2D eigenvalue weighted by molar-refractivity contribution is 6.32. The van der Waals surface area contributed by atoms with Crippen molar-refractivity contribution in [2.75, 3.05) is 7.11 Å². The summed E-state index contributed by atoms with van der Waals surface area (Å²) in [6.07, 6.45) is 2.70. The molecule has 0 aliphatic carbocycles. The minimum atomic E-state index is -0.00783. The Morgan fingerprint density at radius 3 is 2.95 bits per heavy atom. The van der Waals surface area contributed by atoms with Gasteiger partial charge in [0.1, 0.15) is 5.75 Å². The van der Waals surface area contributed by atoms with Gasteiger partial charge in [-0.05, 0) is 30.2 Å². The van der Waals surface area contributed by atoms with E-state index < -0.39 is 0 Å². The predicted molar refractivity (Wildman–Crippen MR) is 76.8 cm³/mol. The van der Waals surface area contributed by atoms with Gasteiger partial charge in [-0.1, -0.05) is 17.7 Å². The molecule has 0 spiro atoms. The summed E-state index contributed by atoms with van der Waals surface area (Å²) in [5.41, 5.74) is 1.89. The molecule has 0 saturated carbocycles. The molecule has 0 bridgehead atoms. The topological polar surface area (TPSA) is 67.0 Å². The second-order valence-corrected chi connectivity index (χ2v) is 4.73. The van der Waals surface area contributed by atoms with Crippen LogP contribution in [0.2, 0.25) is 5.02 Å². The van der Waals surface area contributed by atoms with Crippen LogP contribution >= 0.6 is 11.6 Å². The number of amides is 1. The Hall–Kier alpha value is -2.01. The minimum absolute atomic E-state index is 0.00783. The maximum atomic E-state index is 11.7. The van der Waals surface area contributed by atoms with E-state index in [-0.39, 0.29) is 5.91 Å². The van der Waals surface area contributed by atoms with Crippen LogP contribution in [0.1, 0.15) is 17.7 Å². The largest absolute Gasteiger partial charge is 0.495 e. The van der Waals surface area contributed by atoms with Crippen molar-refractivity contribution >= 4 is 17.5 Å². The van der Waals surface area contributed by atoms with Gasteiger partial charge in [-0.2, -0.15) is 5.10 Å². The van der Waals surface area contributed by atoms with Gasteiger partial charge in [0.15, 0.2) is 0 Å². The molecule has 0 fully saturated rings. The number of halogens is 1. The van der Waals surface area contributed by atoms with Gasteiger partial charge < -0.3 is 10.1 Å². The summed E-state index contributed by atoms with van der Waals surface area (Å²) >= 11 is 6.04. The lowest BCUT2D eigenvalue weighted by molar-refractivity contribution is -0.121. The van der Waals surface area contributed by atoms with Gasteiger partial charge in [-0.3, -0.25) is 9.89 Å². The zero-order chi connectivity index (χ0) is 14.4. The van der Waals surface area contributed by atoms with Gasteiger partial charge in [-0.25, -0.2) is 0 Å². The molecule has 5 nitrogen and oxygen atoms in total. The van der Waals surface area contributed by atoms with E-state index in [1.54, 1.807) is 19.4 Å². The standard InChI is InChI=1S/C14H16ClN3O2/c1-20-13-4-2-10(8-12(13)15)3-5-14(19)16-9-11-6-7-17-18-11/h2,4,6-8H,3,5,9H2,1H3,(H,16,19)(H,17,18). The molecule has 2 rings (SSSR count). The monoisotopic (exact) mass is 293 g/mol.